The summed E-state index contributed by atoms with van der Waals surface area (Å²) in [5.41, 5.74) is 1.21. The van der Waals surface area contributed by atoms with Crippen molar-refractivity contribution in [3.05, 3.63) is 53.6 Å². The quantitative estimate of drug-likeness (QED) is 0.430. The van der Waals surface area contributed by atoms with Gasteiger partial charge in [0.15, 0.2) is 16.4 Å². The zero-order valence-corrected chi connectivity index (χ0v) is 15.4. The van der Waals surface area contributed by atoms with E-state index in [9.17, 15) is 9.35 Å². The molecule has 25 heavy (non-hydrogen) atoms. The number of allylic oxidation sites excluding steroid dienone is 1. The van der Waals surface area contributed by atoms with Crippen molar-refractivity contribution in [2.45, 2.75) is 4.90 Å². The highest BCUT2D eigenvalue weighted by Crippen LogP contribution is 2.32. The second-order valence-corrected chi connectivity index (χ2v) is 6.48. The Morgan fingerprint density at radius 1 is 1.00 bits per heavy atom. The second-order valence-electron chi connectivity index (χ2n) is 5.13. The van der Waals surface area contributed by atoms with E-state index in [0.29, 0.717) is 22.0 Å². The molecule has 5 nitrogen and oxygen atoms in total. The Morgan fingerprint density at radius 2 is 1.64 bits per heavy atom. The predicted molar refractivity (Wildman–Crippen MR) is 98.2 cm³/mol. The van der Waals surface area contributed by atoms with Crippen molar-refractivity contribution < 1.29 is 23.6 Å². The van der Waals surface area contributed by atoms with Crippen molar-refractivity contribution in [3.63, 3.8) is 0 Å². The lowest BCUT2D eigenvalue weighted by molar-refractivity contribution is 0.104. The molecule has 0 amide bonds. The third-order valence-corrected chi connectivity index (χ3v) is 4.54. The molecule has 1 unspecified atom stereocenters. The summed E-state index contributed by atoms with van der Waals surface area (Å²) >= 11 is -1.26. The lowest BCUT2D eigenvalue weighted by Gasteiger charge is -2.13. The Kier molecular flexibility index (Phi) is 6.50. The summed E-state index contributed by atoms with van der Waals surface area (Å²) < 4.78 is 27.4. The van der Waals surface area contributed by atoms with E-state index in [2.05, 4.69) is 0 Å². The van der Waals surface area contributed by atoms with E-state index in [-0.39, 0.29) is 5.78 Å². The molecule has 2 aromatic rings. The van der Waals surface area contributed by atoms with Crippen LogP contribution in [0.2, 0.25) is 0 Å². The molecule has 2 rings (SSSR count). The van der Waals surface area contributed by atoms with Crippen LogP contribution in [0.3, 0.4) is 0 Å². The number of rotatable bonds is 7. The second kappa shape index (κ2) is 8.60. The van der Waals surface area contributed by atoms with Gasteiger partial charge in [-0.25, -0.2) is 0 Å². The summed E-state index contributed by atoms with van der Waals surface area (Å²) in [4.78, 5) is 13.0. The Balaban J connectivity index is 2.32. The van der Waals surface area contributed by atoms with Gasteiger partial charge in [-0.1, -0.05) is 18.2 Å². The number of ether oxygens (including phenoxy) is 3. The molecule has 2 aromatic carbocycles. The topological polar surface area (TPSA) is 67.8 Å². The molecule has 1 atom stereocenters. The summed E-state index contributed by atoms with van der Waals surface area (Å²) in [6, 6.07) is 10.5. The van der Waals surface area contributed by atoms with Crippen LogP contribution in [0, 0.1) is 0 Å². The van der Waals surface area contributed by atoms with Crippen LogP contribution < -0.4 is 14.2 Å². The van der Waals surface area contributed by atoms with E-state index in [4.69, 9.17) is 14.2 Å². The molecular formula is C19H20O5S. The number of carbonyl (C=O) groups is 1. The SMILES string of the molecule is COc1ccc(C=CC(=O)c2cc(OC)c([S+](C)[O-])cc2OC)cc1. The van der Waals surface area contributed by atoms with Gasteiger partial charge in [0.2, 0.25) is 0 Å². The number of benzene rings is 2. The maximum absolute atomic E-state index is 12.5. The first-order valence-corrected chi connectivity index (χ1v) is 9.02. The number of hydrogen-bond donors (Lipinski definition) is 0. The zero-order valence-electron chi connectivity index (χ0n) is 14.6. The van der Waals surface area contributed by atoms with Crippen LogP contribution in [-0.4, -0.2) is 37.9 Å². The molecule has 0 bridgehead atoms. The van der Waals surface area contributed by atoms with Crippen molar-refractivity contribution >= 4 is 23.0 Å². The molecule has 6 heteroatoms. The molecule has 0 saturated carbocycles. The first-order chi connectivity index (χ1) is 12.0. The molecular weight excluding hydrogens is 340 g/mol. The van der Waals surface area contributed by atoms with Gasteiger partial charge in [0.1, 0.15) is 17.8 Å². The lowest BCUT2D eigenvalue weighted by atomic mass is 10.1. The smallest absolute Gasteiger partial charge is 0.198 e. The minimum Gasteiger partial charge on any atom is -0.612 e. The van der Waals surface area contributed by atoms with Gasteiger partial charge in [0.05, 0.1) is 26.9 Å². The van der Waals surface area contributed by atoms with E-state index < -0.39 is 11.2 Å². The van der Waals surface area contributed by atoms with Gasteiger partial charge in [0.25, 0.3) is 0 Å². The van der Waals surface area contributed by atoms with Crippen molar-refractivity contribution in [2.75, 3.05) is 27.6 Å². The summed E-state index contributed by atoms with van der Waals surface area (Å²) in [6.45, 7) is 0. The Hall–Kier alpha value is -2.44. The van der Waals surface area contributed by atoms with Crippen LogP contribution >= 0.6 is 0 Å². The molecule has 0 heterocycles. The first kappa shape index (κ1) is 18.9. The summed E-state index contributed by atoms with van der Waals surface area (Å²) in [5, 5.41) is 0. The van der Waals surface area contributed by atoms with Crippen molar-refractivity contribution in [1.29, 1.82) is 0 Å². The third-order valence-electron chi connectivity index (χ3n) is 3.60. The monoisotopic (exact) mass is 360 g/mol. The highest BCUT2D eigenvalue weighted by atomic mass is 32.2. The fourth-order valence-electron chi connectivity index (χ4n) is 2.26. The Morgan fingerprint density at radius 3 is 2.16 bits per heavy atom. The van der Waals surface area contributed by atoms with E-state index in [1.807, 2.05) is 24.3 Å². The molecule has 132 valence electrons. The molecule has 0 aliphatic carbocycles. The van der Waals surface area contributed by atoms with Gasteiger partial charge in [-0.15, -0.1) is 0 Å². The Labute approximate surface area is 150 Å². The molecule has 0 aliphatic heterocycles. The van der Waals surface area contributed by atoms with Gasteiger partial charge in [-0.3, -0.25) is 4.79 Å². The number of carbonyl (C=O) groups excluding carboxylic acids is 1. The molecule has 0 saturated heterocycles. The summed E-state index contributed by atoms with van der Waals surface area (Å²) in [7, 11) is 4.54. The fraction of sp³-hybridized carbons (Fsp3) is 0.211. The fourth-order valence-corrected chi connectivity index (χ4v) is 2.96. The normalized spacial score (nSPS) is 12.0. The minimum absolute atomic E-state index is 0.237. The van der Waals surface area contributed by atoms with Crippen LogP contribution in [0.25, 0.3) is 6.08 Å². The number of hydrogen-bond acceptors (Lipinski definition) is 5. The Bertz CT molecular complexity index is 766. The highest BCUT2D eigenvalue weighted by molar-refractivity contribution is 7.90. The average Bonchev–Trinajstić information content (AvgIpc) is 2.65. The van der Waals surface area contributed by atoms with Gasteiger partial charge >= 0.3 is 0 Å². The van der Waals surface area contributed by atoms with Crippen molar-refractivity contribution in [2.24, 2.45) is 0 Å². The molecule has 0 fully saturated rings. The largest absolute Gasteiger partial charge is 0.612 e. The van der Waals surface area contributed by atoms with Crippen LogP contribution in [0.1, 0.15) is 15.9 Å². The van der Waals surface area contributed by atoms with Gasteiger partial charge in [-0.05, 0) is 34.9 Å². The lowest BCUT2D eigenvalue weighted by Crippen LogP contribution is -2.06. The average molecular weight is 360 g/mol. The maximum atomic E-state index is 12.5. The number of methoxy groups -OCH3 is 3. The summed E-state index contributed by atoms with van der Waals surface area (Å²) in [6.07, 6.45) is 4.71. The van der Waals surface area contributed by atoms with Gasteiger partial charge in [-0.2, -0.15) is 0 Å². The van der Waals surface area contributed by atoms with E-state index in [0.717, 1.165) is 11.3 Å². The maximum Gasteiger partial charge on any atom is 0.198 e. The van der Waals surface area contributed by atoms with Crippen LogP contribution in [0.4, 0.5) is 0 Å². The van der Waals surface area contributed by atoms with Crippen molar-refractivity contribution in [3.8, 4) is 17.2 Å². The van der Waals surface area contributed by atoms with Crippen LogP contribution in [0.15, 0.2) is 47.4 Å². The molecule has 0 spiro atoms. The van der Waals surface area contributed by atoms with Crippen molar-refractivity contribution in [1.82, 2.24) is 0 Å². The summed E-state index contributed by atoms with van der Waals surface area (Å²) in [5.74, 6) is 1.26. The molecule has 0 aliphatic rings. The standard InChI is InChI=1S/C19H20O5S/c1-22-14-8-5-13(6-9-14)7-10-16(20)15-11-18(24-3)19(25(4)21)12-17(15)23-2/h5-12H,1-4H3. The highest BCUT2D eigenvalue weighted by Gasteiger charge is 2.20. The van der Waals surface area contributed by atoms with Gasteiger partial charge in [0, 0.05) is 12.1 Å². The van der Waals surface area contributed by atoms with Crippen LogP contribution in [0.5, 0.6) is 17.2 Å². The van der Waals surface area contributed by atoms with Gasteiger partial charge < -0.3 is 18.8 Å². The third kappa shape index (κ3) is 4.55. The first-order valence-electron chi connectivity index (χ1n) is 7.46. The zero-order chi connectivity index (χ0) is 18.4. The molecule has 0 N–H and O–H groups in total. The van der Waals surface area contributed by atoms with E-state index in [1.165, 1.54) is 20.3 Å². The predicted octanol–water partition coefficient (Wildman–Crippen LogP) is 3.35. The number of ketones is 1. The molecule has 0 aromatic heterocycles. The minimum atomic E-state index is -1.26. The van der Waals surface area contributed by atoms with Crippen LogP contribution in [-0.2, 0) is 11.2 Å². The van der Waals surface area contributed by atoms with E-state index in [1.54, 1.807) is 31.6 Å². The molecule has 0 radical (unpaired) electrons. The van der Waals surface area contributed by atoms with E-state index >= 15 is 0 Å².